The van der Waals surface area contributed by atoms with E-state index in [0.717, 1.165) is 0 Å². The van der Waals surface area contributed by atoms with Crippen molar-refractivity contribution in [3.63, 3.8) is 0 Å². The van der Waals surface area contributed by atoms with Crippen molar-refractivity contribution >= 4 is 169 Å². The van der Waals surface area contributed by atoms with E-state index in [0.29, 0.717) is 100 Å². The third-order valence-electron chi connectivity index (χ3n) is 14.2. The molecule has 0 saturated heterocycles. The van der Waals surface area contributed by atoms with Crippen LogP contribution in [0.15, 0.2) is 229 Å². The molecular formula is C60H24N6O12. The maximum absolute atomic E-state index is 6.88. The minimum Gasteiger partial charge on any atom is -0.449 e. The van der Waals surface area contributed by atoms with E-state index in [4.69, 9.17) is 83.0 Å². The molecule has 0 amide bonds. The largest absolute Gasteiger partial charge is 0.449 e. The van der Waals surface area contributed by atoms with Crippen LogP contribution in [-0.4, -0.2) is 35.0 Å². The van der Waals surface area contributed by atoms with E-state index in [1.807, 2.05) is 72.8 Å². The van der Waals surface area contributed by atoms with Crippen molar-refractivity contribution in [2.75, 3.05) is 0 Å². The van der Waals surface area contributed by atoms with Gasteiger partial charge in [-0.15, -0.1) is 0 Å². The molecule has 10 heterocycles. The number of amidine groups is 6. The van der Waals surface area contributed by atoms with Crippen LogP contribution >= 0.6 is 0 Å². The number of rotatable bonds is 0. The molecular weight excluding hydrogens is 997 g/mol. The molecule has 366 valence electrons. The van der Waals surface area contributed by atoms with Gasteiger partial charge in [-0.3, -0.25) is 0 Å². The van der Waals surface area contributed by atoms with Crippen LogP contribution in [0.5, 0.6) is 0 Å². The van der Waals surface area contributed by atoms with Gasteiger partial charge in [-0.1, -0.05) is 72.8 Å². The van der Waals surface area contributed by atoms with Crippen molar-refractivity contribution in [1.82, 2.24) is 0 Å². The van der Waals surface area contributed by atoms with Gasteiger partial charge in [0.05, 0.1) is 33.4 Å². The molecule has 15 aromatic rings. The zero-order valence-corrected chi connectivity index (χ0v) is 39.4. The standard InChI is InChI=1S/C60H24N6O12/c1-7-19-31-25(13-1)67-43-37-38(44-50(49(43)73-31)74-32-20-8-2-14-26(32)68-44)56-61-55(37)64-57-39-40(46-52(76-34-22-10-4-16-28(34)70-46)51-45(39)69-27-15-3-9-21-33(27)75-51)59(62-57)66-60-42-41(58(63-60)65-56)47-53(77-35-23-11-5-17-29(35)71-47)54-48(42)72-30-18-6-12-24-36(30)78-54/h1-24H. The summed E-state index contributed by atoms with van der Waals surface area (Å²) in [7, 11) is 0. The van der Waals surface area contributed by atoms with E-state index in [-0.39, 0.29) is 102 Å². The molecule has 4 aliphatic heterocycles. The van der Waals surface area contributed by atoms with Gasteiger partial charge in [0.2, 0.25) is 33.5 Å². The van der Waals surface area contributed by atoms with Crippen molar-refractivity contribution in [2.45, 2.75) is 0 Å². The molecule has 0 saturated carbocycles. The lowest BCUT2D eigenvalue weighted by molar-refractivity contribution is 0.553. The number of hydrogen-bond donors (Lipinski definition) is 0. The molecule has 0 aliphatic carbocycles. The zero-order chi connectivity index (χ0) is 50.5. The van der Waals surface area contributed by atoms with Gasteiger partial charge in [0.15, 0.2) is 136 Å². The molecule has 0 unspecified atom stereocenters. The molecule has 6 aromatic heterocycles. The van der Waals surface area contributed by atoms with Crippen molar-refractivity contribution in [3.05, 3.63) is 179 Å². The van der Waals surface area contributed by atoms with Crippen LogP contribution < -0.4 is 0 Å². The first-order valence-corrected chi connectivity index (χ1v) is 24.5. The minimum absolute atomic E-state index is 0.100. The van der Waals surface area contributed by atoms with E-state index < -0.39 is 0 Å². The van der Waals surface area contributed by atoms with Crippen LogP contribution in [0.3, 0.4) is 0 Å². The summed E-state index contributed by atoms with van der Waals surface area (Å²) in [6.45, 7) is 0. The highest BCUT2D eigenvalue weighted by Crippen LogP contribution is 2.47. The summed E-state index contributed by atoms with van der Waals surface area (Å²) in [6, 6.07) is 43.9. The monoisotopic (exact) mass is 1020 g/mol. The smallest absolute Gasteiger partial charge is 0.217 e. The van der Waals surface area contributed by atoms with E-state index >= 15 is 0 Å². The first-order chi connectivity index (χ1) is 38.6. The topological polar surface area (TPSA) is 232 Å². The van der Waals surface area contributed by atoms with Crippen LogP contribution in [0.2, 0.25) is 0 Å². The first kappa shape index (κ1) is 40.0. The summed E-state index contributed by atoms with van der Waals surface area (Å²) in [5.74, 6) is 0.601. The van der Waals surface area contributed by atoms with E-state index in [1.54, 1.807) is 72.8 Å². The lowest BCUT2D eigenvalue weighted by Crippen LogP contribution is -2.05. The van der Waals surface area contributed by atoms with Crippen molar-refractivity contribution < 1.29 is 53.0 Å². The van der Waals surface area contributed by atoms with Crippen molar-refractivity contribution in [3.8, 4) is 0 Å². The maximum atomic E-state index is 6.88. The second kappa shape index (κ2) is 14.3. The van der Waals surface area contributed by atoms with E-state index in [1.165, 1.54) is 0 Å². The summed E-state index contributed by atoms with van der Waals surface area (Å²) in [5.41, 5.74) is 9.92. The van der Waals surface area contributed by atoms with E-state index in [2.05, 4.69) is 0 Å². The molecule has 19 rings (SSSR count). The average molecular weight is 1020 g/mol. The second-order valence-corrected chi connectivity index (χ2v) is 18.7. The predicted octanol–water partition coefficient (Wildman–Crippen LogP) is 15.9. The summed E-state index contributed by atoms with van der Waals surface area (Å²) >= 11 is 0. The van der Waals surface area contributed by atoms with Crippen molar-refractivity contribution in [1.29, 1.82) is 0 Å². The molecule has 9 aromatic carbocycles. The third-order valence-corrected chi connectivity index (χ3v) is 14.2. The van der Waals surface area contributed by atoms with Crippen molar-refractivity contribution in [2.24, 2.45) is 30.0 Å². The van der Waals surface area contributed by atoms with Gasteiger partial charge in [-0.2, -0.15) is 0 Å². The summed E-state index contributed by atoms with van der Waals surface area (Å²) in [5, 5.41) is 0. The number of benzene rings is 9. The van der Waals surface area contributed by atoms with Crippen LogP contribution in [0, 0.1) is 0 Å². The molecule has 0 atom stereocenters. The fraction of sp³-hybridized carbons (Fsp3) is 0. The maximum Gasteiger partial charge on any atom is 0.217 e. The van der Waals surface area contributed by atoms with Crippen LogP contribution in [-0.2, 0) is 0 Å². The Morgan fingerprint density at radius 2 is 0.269 bits per heavy atom. The van der Waals surface area contributed by atoms with Crippen LogP contribution in [0.4, 0.5) is 0 Å². The summed E-state index contributed by atoms with van der Waals surface area (Å²) in [6.07, 6.45) is 0. The van der Waals surface area contributed by atoms with Gasteiger partial charge >= 0.3 is 0 Å². The van der Waals surface area contributed by atoms with Crippen LogP contribution in [0.25, 0.3) is 134 Å². The zero-order valence-electron chi connectivity index (χ0n) is 39.4. The van der Waals surface area contributed by atoms with Gasteiger partial charge in [0.1, 0.15) is 0 Å². The van der Waals surface area contributed by atoms with Gasteiger partial charge in [0, 0.05) is 0 Å². The number of nitrogens with zero attached hydrogens (tertiary/aromatic N) is 6. The SMILES string of the molecule is c1ccc2oc3c(oc2c1)c1c(c2oc4ccccc4oc23)C2=NC3=NC(=NC4=NC(=NC1=N2)c1c4c2oc4ccccc4oc2c2oc4ccccc4oc12)c1c3c2oc3ccccc3oc2c2oc3ccccc3oc12. The fourth-order valence-corrected chi connectivity index (χ4v) is 10.9. The fourth-order valence-electron chi connectivity index (χ4n) is 10.9. The Hall–Kier alpha value is -11.4. The first-order valence-electron chi connectivity index (χ1n) is 24.5. The molecule has 78 heavy (non-hydrogen) atoms. The minimum atomic E-state index is 0.100. The number of fused-ring (bicyclic) bond motifs is 33. The third kappa shape index (κ3) is 5.27. The Labute approximate surface area is 429 Å². The van der Waals surface area contributed by atoms with Gasteiger partial charge in [-0.25, -0.2) is 30.0 Å². The van der Waals surface area contributed by atoms with Crippen LogP contribution in [0.1, 0.15) is 33.4 Å². The average Bonchev–Trinajstić information content (AvgIpc) is 4.33. The molecule has 0 N–H and O–H groups in total. The molecule has 0 spiro atoms. The molecule has 4 aliphatic rings. The van der Waals surface area contributed by atoms with Gasteiger partial charge < -0.3 is 53.0 Å². The van der Waals surface area contributed by atoms with E-state index in [9.17, 15) is 0 Å². The highest BCUT2D eigenvalue weighted by molar-refractivity contribution is 6.42. The molecule has 18 nitrogen and oxygen atoms in total. The quantitative estimate of drug-likeness (QED) is 0.102. The lowest BCUT2D eigenvalue weighted by atomic mass is 10.0. The Kier molecular flexibility index (Phi) is 7.32. The Bertz CT molecular complexity index is 5150. The van der Waals surface area contributed by atoms with Gasteiger partial charge in [-0.05, 0) is 72.8 Å². The Balaban J connectivity index is 1.03. The lowest BCUT2D eigenvalue weighted by Gasteiger charge is -2.12. The molecule has 0 fully saturated rings. The van der Waals surface area contributed by atoms with Gasteiger partial charge in [0.25, 0.3) is 0 Å². The normalized spacial score (nSPS) is 14.6. The number of para-hydroxylation sites is 12. The second-order valence-electron chi connectivity index (χ2n) is 18.7. The number of hydrogen-bond acceptors (Lipinski definition) is 18. The highest BCUT2D eigenvalue weighted by atomic mass is 16.4. The molecule has 6 bridgehead atoms. The Morgan fingerprint density at radius 1 is 0.154 bits per heavy atom. The molecule has 0 radical (unpaired) electrons. The summed E-state index contributed by atoms with van der Waals surface area (Å²) < 4.78 is 81.6. The number of aliphatic imine (C=N–C) groups is 6. The predicted molar refractivity (Wildman–Crippen MR) is 289 cm³/mol. The molecule has 18 heteroatoms. The summed E-state index contributed by atoms with van der Waals surface area (Å²) in [4.78, 5) is 32.0. The highest BCUT2D eigenvalue weighted by Gasteiger charge is 2.41. The Morgan fingerprint density at radius 3 is 0.397 bits per heavy atom.